The Balaban J connectivity index is 3.77. The molecule has 9 nitrogen and oxygen atoms in total. The molecule has 0 radical (unpaired) electrons. The number of hydrogen-bond donors (Lipinski definition) is 2. The van der Waals surface area contributed by atoms with E-state index in [-0.39, 0.29) is 38.6 Å². The maximum absolute atomic E-state index is 12.8. The average Bonchev–Trinajstić information content (AvgIpc) is 3.68. The molecule has 0 aliphatic carbocycles. The molecule has 10 heteroatoms. The Bertz CT molecular complexity index is 1710. The van der Waals surface area contributed by atoms with Gasteiger partial charge in [-0.2, -0.15) is 0 Å². The number of hydrogen-bond acceptors (Lipinski definition) is 8. The van der Waals surface area contributed by atoms with E-state index in [0.717, 1.165) is 70.6 Å². The van der Waals surface area contributed by atoms with Crippen LogP contribution in [0.4, 0.5) is 0 Å². The van der Waals surface area contributed by atoms with E-state index in [0.29, 0.717) is 6.42 Å². The molecule has 0 aromatic carbocycles. The van der Waals surface area contributed by atoms with Crippen molar-refractivity contribution in [3.8, 4) is 0 Å². The number of allylic oxidation sites excluding steroid dienone is 12. The minimum Gasteiger partial charge on any atom is -0.462 e. The molecule has 0 saturated carbocycles. The van der Waals surface area contributed by atoms with Crippen LogP contribution in [0.2, 0.25) is 0 Å². The van der Waals surface area contributed by atoms with Gasteiger partial charge in [-0.25, -0.2) is 4.57 Å². The SMILES string of the molecule is CC/C=C\C/C=C\C/C=C\C/C=C\C/C=C\C/C=C\CCCCCCCCCCCCCCCCCCCCCCCCC(=O)OC(COC(=O)CCCCCCCCCCCCCCCCCCCCCCCCCCCCCC)COP(=O)(O)OCCN. The van der Waals surface area contributed by atoms with Crippen LogP contribution in [0.1, 0.15) is 393 Å². The van der Waals surface area contributed by atoms with E-state index in [1.54, 1.807) is 0 Å². The highest BCUT2D eigenvalue weighted by atomic mass is 31.2. The summed E-state index contributed by atoms with van der Waals surface area (Å²) in [5, 5.41) is 0. The second kappa shape index (κ2) is 75.5. The quantitative estimate of drug-likeness (QED) is 0.0264. The molecular weight excluding hydrogens is 1130 g/mol. The van der Waals surface area contributed by atoms with Gasteiger partial charge in [0, 0.05) is 19.4 Å². The third-order valence-corrected chi connectivity index (χ3v) is 18.3. The summed E-state index contributed by atoms with van der Waals surface area (Å²) in [7, 11) is -4.39. The van der Waals surface area contributed by atoms with E-state index in [4.69, 9.17) is 24.3 Å². The molecule has 0 fully saturated rings. The van der Waals surface area contributed by atoms with Crippen molar-refractivity contribution in [1.82, 2.24) is 0 Å². The molecule has 0 spiro atoms. The van der Waals surface area contributed by atoms with Gasteiger partial charge in [-0.3, -0.25) is 18.6 Å². The molecule has 0 aromatic heterocycles. The lowest BCUT2D eigenvalue weighted by molar-refractivity contribution is -0.161. The van der Waals surface area contributed by atoms with Crippen LogP contribution in [0.15, 0.2) is 72.9 Å². The normalized spacial score (nSPS) is 13.2. The third kappa shape index (κ3) is 74.5. The zero-order chi connectivity index (χ0) is 65.1. The molecule has 0 aliphatic rings. The van der Waals surface area contributed by atoms with Crippen molar-refractivity contribution >= 4 is 19.8 Å². The fourth-order valence-electron chi connectivity index (χ4n) is 11.6. The Kier molecular flexibility index (Phi) is 73.3. The van der Waals surface area contributed by atoms with Crippen molar-refractivity contribution in [2.75, 3.05) is 26.4 Å². The molecule has 526 valence electrons. The van der Waals surface area contributed by atoms with Crippen LogP contribution in [-0.2, 0) is 32.7 Å². The molecule has 0 rings (SSSR count). The van der Waals surface area contributed by atoms with Gasteiger partial charge >= 0.3 is 19.8 Å². The van der Waals surface area contributed by atoms with Crippen LogP contribution in [-0.4, -0.2) is 49.3 Å². The second-order valence-corrected chi connectivity index (χ2v) is 27.7. The van der Waals surface area contributed by atoms with Gasteiger partial charge in [-0.15, -0.1) is 0 Å². The lowest BCUT2D eigenvalue weighted by atomic mass is 10.0. The number of phosphoric ester groups is 1. The highest BCUT2D eigenvalue weighted by molar-refractivity contribution is 7.47. The maximum atomic E-state index is 12.8. The predicted molar refractivity (Wildman–Crippen MR) is 390 cm³/mol. The van der Waals surface area contributed by atoms with Crippen LogP contribution < -0.4 is 5.73 Å². The molecule has 2 atom stereocenters. The largest absolute Gasteiger partial charge is 0.472 e. The molecule has 2 unspecified atom stereocenters. The molecular formula is C80H148NO8P. The first-order chi connectivity index (χ1) is 44.3. The summed E-state index contributed by atoms with van der Waals surface area (Å²) >= 11 is 0. The number of ether oxygens (including phenoxy) is 2. The first kappa shape index (κ1) is 87.5. The second-order valence-electron chi connectivity index (χ2n) is 26.2. The standard InChI is InChI=1S/C80H148NO8P/c1-3-5-7-9-11-13-15-17-19-21-23-25-27-29-31-33-34-35-36-37-38-39-40-41-42-43-44-45-47-49-51-53-55-57-59-61-63-65-67-69-71-73-80(83)89-78(77-88-90(84,85)87-75-74-81)76-86-79(82)72-70-68-66-64-62-60-58-56-54-52-50-48-46-32-30-28-26-24-22-20-18-16-14-12-10-8-6-4-2/h5,7,11,13,17,19,23,25,29,31,34-35,78H,3-4,6,8-10,12,14-16,18,20-22,24,26-28,30,32-33,36-77,81H2,1-2H3,(H,84,85)/b7-5-,13-11-,19-17-,25-23-,31-29-,35-34-. The van der Waals surface area contributed by atoms with Gasteiger partial charge in [0.05, 0.1) is 13.2 Å². The van der Waals surface area contributed by atoms with E-state index >= 15 is 0 Å². The monoisotopic (exact) mass is 1280 g/mol. The maximum Gasteiger partial charge on any atom is 0.472 e. The number of carbonyl (C=O) groups excluding carboxylic acids is 2. The molecule has 0 amide bonds. The van der Waals surface area contributed by atoms with Crippen molar-refractivity contribution in [3.05, 3.63) is 72.9 Å². The van der Waals surface area contributed by atoms with Crippen LogP contribution in [0.5, 0.6) is 0 Å². The highest BCUT2D eigenvalue weighted by Crippen LogP contribution is 2.43. The van der Waals surface area contributed by atoms with Gasteiger partial charge < -0.3 is 20.1 Å². The van der Waals surface area contributed by atoms with Gasteiger partial charge in [0.2, 0.25) is 0 Å². The highest BCUT2D eigenvalue weighted by Gasteiger charge is 2.26. The number of esters is 2. The molecule has 0 saturated heterocycles. The number of nitrogens with two attached hydrogens (primary N) is 1. The number of phosphoric acid groups is 1. The lowest BCUT2D eigenvalue weighted by Gasteiger charge is -2.19. The van der Waals surface area contributed by atoms with E-state index in [9.17, 15) is 19.0 Å². The Morgan fingerprint density at radius 1 is 0.344 bits per heavy atom. The number of unbranched alkanes of at least 4 members (excludes halogenated alkanes) is 49. The van der Waals surface area contributed by atoms with E-state index < -0.39 is 26.5 Å². The Morgan fingerprint density at radius 3 is 0.911 bits per heavy atom. The zero-order valence-corrected chi connectivity index (χ0v) is 60.3. The van der Waals surface area contributed by atoms with E-state index in [1.807, 2.05) is 0 Å². The minimum absolute atomic E-state index is 0.0554. The minimum atomic E-state index is -4.39. The molecule has 0 heterocycles. The van der Waals surface area contributed by atoms with Crippen LogP contribution in [0, 0.1) is 0 Å². The van der Waals surface area contributed by atoms with Crippen LogP contribution >= 0.6 is 7.82 Å². The van der Waals surface area contributed by atoms with E-state index in [1.165, 1.54) is 289 Å². The smallest absolute Gasteiger partial charge is 0.462 e. The molecule has 0 aliphatic heterocycles. The third-order valence-electron chi connectivity index (χ3n) is 17.4. The van der Waals surface area contributed by atoms with E-state index in [2.05, 4.69) is 86.8 Å². The number of carbonyl (C=O) groups is 2. The predicted octanol–water partition coefficient (Wildman–Crippen LogP) is 25.9. The Labute approximate surface area is 558 Å². The van der Waals surface area contributed by atoms with Crippen LogP contribution in [0.3, 0.4) is 0 Å². The fourth-order valence-corrected chi connectivity index (χ4v) is 12.4. The van der Waals surface area contributed by atoms with Gasteiger partial charge in [0.25, 0.3) is 0 Å². The summed E-state index contributed by atoms with van der Waals surface area (Å²) in [6.07, 6.45) is 100. The van der Waals surface area contributed by atoms with Gasteiger partial charge in [-0.05, 0) is 64.2 Å². The summed E-state index contributed by atoms with van der Waals surface area (Å²) in [6, 6.07) is 0. The Morgan fingerprint density at radius 2 is 0.611 bits per heavy atom. The molecule has 3 N–H and O–H groups in total. The van der Waals surface area contributed by atoms with Gasteiger partial charge in [0.1, 0.15) is 6.61 Å². The Hall–Kier alpha value is -2.55. The summed E-state index contributed by atoms with van der Waals surface area (Å²) < 4.78 is 33.3. The van der Waals surface area contributed by atoms with Gasteiger partial charge in [-0.1, -0.05) is 389 Å². The fraction of sp³-hybridized carbons (Fsp3) is 0.825. The van der Waals surface area contributed by atoms with Crippen molar-refractivity contribution in [2.45, 2.75) is 399 Å². The van der Waals surface area contributed by atoms with Crippen molar-refractivity contribution in [3.63, 3.8) is 0 Å². The molecule has 90 heavy (non-hydrogen) atoms. The molecule has 0 aromatic rings. The van der Waals surface area contributed by atoms with Crippen molar-refractivity contribution in [1.29, 1.82) is 0 Å². The van der Waals surface area contributed by atoms with Crippen LogP contribution in [0.25, 0.3) is 0 Å². The first-order valence-corrected chi connectivity index (χ1v) is 40.4. The zero-order valence-electron chi connectivity index (χ0n) is 59.4. The lowest BCUT2D eigenvalue weighted by Crippen LogP contribution is -2.29. The number of rotatable bonds is 74. The first-order valence-electron chi connectivity index (χ1n) is 38.9. The average molecular weight is 1280 g/mol. The van der Waals surface area contributed by atoms with Crippen molar-refractivity contribution in [2.24, 2.45) is 5.73 Å². The molecule has 0 bridgehead atoms. The summed E-state index contributed by atoms with van der Waals surface area (Å²) in [4.78, 5) is 35.4. The summed E-state index contributed by atoms with van der Waals surface area (Å²) in [5.74, 6) is -0.804. The van der Waals surface area contributed by atoms with Crippen molar-refractivity contribution < 1.29 is 37.6 Å². The van der Waals surface area contributed by atoms with Gasteiger partial charge in [0.15, 0.2) is 6.10 Å². The summed E-state index contributed by atoms with van der Waals surface area (Å²) in [5.41, 5.74) is 5.41. The summed E-state index contributed by atoms with van der Waals surface area (Å²) in [6.45, 7) is 3.71. The topological polar surface area (TPSA) is 134 Å².